The lowest BCUT2D eigenvalue weighted by Gasteiger charge is -2.32. The summed E-state index contributed by atoms with van der Waals surface area (Å²) >= 11 is 6.58. The Bertz CT molecular complexity index is 1250. The maximum Gasteiger partial charge on any atom is 0.188 e. The van der Waals surface area contributed by atoms with Crippen molar-refractivity contribution in [3.05, 3.63) is 59.8 Å². The van der Waals surface area contributed by atoms with Crippen molar-refractivity contribution in [1.82, 2.24) is 19.4 Å². The molecule has 1 fully saturated rings. The van der Waals surface area contributed by atoms with Crippen molar-refractivity contribution in [2.75, 3.05) is 13.1 Å². The van der Waals surface area contributed by atoms with E-state index in [1.807, 2.05) is 41.3 Å². The van der Waals surface area contributed by atoms with Gasteiger partial charge in [-0.2, -0.15) is 0 Å². The summed E-state index contributed by atoms with van der Waals surface area (Å²) in [5.41, 5.74) is 9.42. The molecule has 166 valence electrons. The summed E-state index contributed by atoms with van der Waals surface area (Å²) in [6.07, 6.45) is 3.15. The summed E-state index contributed by atoms with van der Waals surface area (Å²) in [6, 6.07) is 18.4. The third-order valence-corrected chi connectivity index (χ3v) is 6.55. The minimum Gasteiger partial charge on any atom is -0.370 e. The highest BCUT2D eigenvalue weighted by Crippen LogP contribution is 2.34. The predicted octanol–water partition coefficient (Wildman–Crippen LogP) is 5.32. The SMILES string of the molecule is Cl.N=C(N)N1CCC(CCn2c(-c3ccccc3)nc3c(Cl)nc4ccccc4c32)CC1. The van der Waals surface area contributed by atoms with E-state index >= 15 is 0 Å². The Balaban J connectivity index is 0.00000245. The second kappa shape index (κ2) is 9.35. The topological polar surface area (TPSA) is 83.8 Å². The van der Waals surface area contributed by atoms with E-state index in [-0.39, 0.29) is 18.4 Å². The van der Waals surface area contributed by atoms with E-state index in [0.717, 1.165) is 72.2 Å². The second-order valence-electron chi connectivity index (χ2n) is 8.17. The molecule has 1 aliphatic heterocycles. The molecule has 0 bridgehead atoms. The molecular weight excluding hydrogens is 443 g/mol. The minimum absolute atomic E-state index is 0. The van der Waals surface area contributed by atoms with Gasteiger partial charge in [-0.25, -0.2) is 9.97 Å². The van der Waals surface area contributed by atoms with Crippen LogP contribution < -0.4 is 5.73 Å². The number of pyridine rings is 1. The highest BCUT2D eigenvalue weighted by molar-refractivity contribution is 6.35. The molecule has 0 spiro atoms. The molecule has 0 unspecified atom stereocenters. The number of guanidine groups is 1. The molecular formula is C24H26Cl2N6. The number of halogens is 2. The number of fused-ring (bicyclic) bond motifs is 3. The molecule has 2 aromatic carbocycles. The van der Waals surface area contributed by atoms with Crippen LogP contribution in [-0.2, 0) is 6.54 Å². The molecule has 0 aliphatic carbocycles. The Morgan fingerprint density at radius 3 is 2.44 bits per heavy atom. The van der Waals surface area contributed by atoms with Crippen molar-refractivity contribution in [3.63, 3.8) is 0 Å². The lowest BCUT2D eigenvalue weighted by molar-refractivity contribution is 0.247. The summed E-state index contributed by atoms with van der Waals surface area (Å²) < 4.78 is 2.32. The first-order valence-corrected chi connectivity index (χ1v) is 11.1. The van der Waals surface area contributed by atoms with Crippen molar-refractivity contribution in [3.8, 4) is 11.4 Å². The number of piperidine rings is 1. The smallest absolute Gasteiger partial charge is 0.188 e. The van der Waals surface area contributed by atoms with E-state index in [0.29, 0.717) is 11.1 Å². The normalized spacial score (nSPS) is 14.6. The molecule has 0 atom stereocenters. The summed E-state index contributed by atoms with van der Waals surface area (Å²) in [5.74, 6) is 1.70. The van der Waals surface area contributed by atoms with Gasteiger partial charge in [0.15, 0.2) is 11.1 Å². The summed E-state index contributed by atoms with van der Waals surface area (Å²) in [5, 5.41) is 9.17. The molecule has 6 nitrogen and oxygen atoms in total. The van der Waals surface area contributed by atoms with E-state index in [1.54, 1.807) is 0 Å². The molecule has 0 radical (unpaired) electrons. The number of likely N-dealkylation sites (tertiary alicyclic amines) is 1. The molecule has 1 aliphatic rings. The average Bonchev–Trinajstić information content (AvgIpc) is 3.19. The number of hydrogen-bond acceptors (Lipinski definition) is 3. The van der Waals surface area contributed by atoms with Crippen LogP contribution in [0.1, 0.15) is 19.3 Å². The predicted molar refractivity (Wildman–Crippen MR) is 134 cm³/mol. The fourth-order valence-corrected chi connectivity index (χ4v) is 4.82. The summed E-state index contributed by atoms with van der Waals surface area (Å²) in [4.78, 5) is 11.5. The molecule has 2 aromatic heterocycles. The number of aromatic nitrogens is 3. The Morgan fingerprint density at radius 1 is 1.03 bits per heavy atom. The Labute approximate surface area is 198 Å². The monoisotopic (exact) mass is 468 g/mol. The van der Waals surface area contributed by atoms with E-state index < -0.39 is 0 Å². The maximum atomic E-state index is 7.65. The molecule has 5 rings (SSSR count). The fraction of sp³-hybridized carbons (Fsp3) is 0.292. The molecule has 32 heavy (non-hydrogen) atoms. The number of nitrogens with two attached hydrogens (primary N) is 1. The number of nitrogens with zero attached hydrogens (tertiary/aromatic N) is 4. The van der Waals surface area contributed by atoms with Gasteiger partial charge in [-0.3, -0.25) is 5.41 Å². The van der Waals surface area contributed by atoms with Crippen LogP contribution in [0.15, 0.2) is 54.6 Å². The second-order valence-corrected chi connectivity index (χ2v) is 8.53. The average molecular weight is 469 g/mol. The van der Waals surface area contributed by atoms with Crippen LogP contribution in [-0.4, -0.2) is 38.5 Å². The fourth-order valence-electron chi connectivity index (χ4n) is 4.60. The van der Waals surface area contributed by atoms with Crippen LogP contribution >= 0.6 is 24.0 Å². The van der Waals surface area contributed by atoms with E-state index in [9.17, 15) is 0 Å². The van der Waals surface area contributed by atoms with Gasteiger partial charge < -0.3 is 15.2 Å². The standard InChI is InChI=1S/C24H25ClN6.ClH/c25-22-20-21(18-8-4-5-9-19(18)28-22)31(23(29-20)17-6-2-1-3-7-17)15-12-16-10-13-30(14-11-16)24(26)27;/h1-9,16H,10-15H2,(H3,26,27);1H. The van der Waals surface area contributed by atoms with Crippen LogP contribution in [0.25, 0.3) is 33.3 Å². The lowest BCUT2D eigenvalue weighted by atomic mass is 9.93. The van der Waals surface area contributed by atoms with Crippen LogP contribution in [0, 0.1) is 11.3 Å². The van der Waals surface area contributed by atoms with Crippen LogP contribution in [0.3, 0.4) is 0 Å². The zero-order chi connectivity index (χ0) is 21.4. The van der Waals surface area contributed by atoms with Gasteiger partial charge in [-0.1, -0.05) is 60.1 Å². The summed E-state index contributed by atoms with van der Waals surface area (Å²) in [6.45, 7) is 2.57. The highest BCUT2D eigenvalue weighted by atomic mass is 35.5. The van der Waals surface area contributed by atoms with Gasteiger partial charge >= 0.3 is 0 Å². The first-order valence-electron chi connectivity index (χ1n) is 10.7. The van der Waals surface area contributed by atoms with Crippen molar-refractivity contribution in [2.24, 2.45) is 11.7 Å². The van der Waals surface area contributed by atoms with Crippen molar-refractivity contribution in [1.29, 1.82) is 5.41 Å². The quantitative estimate of drug-likeness (QED) is 0.241. The number of nitrogens with one attached hydrogen (secondary N) is 1. The Kier molecular flexibility index (Phi) is 6.53. The zero-order valence-electron chi connectivity index (χ0n) is 17.7. The number of hydrogen-bond donors (Lipinski definition) is 2. The van der Waals surface area contributed by atoms with Gasteiger partial charge in [0.05, 0.1) is 11.0 Å². The van der Waals surface area contributed by atoms with E-state index in [4.69, 9.17) is 27.7 Å². The van der Waals surface area contributed by atoms with E-state index in [1.165, 1.54) is 0 Å². The van der Waals surface area contributed by atoms with Gasteiger partial charge in [0, 0.05) is 30.6 Å². The third kappa shape index (κ3) is 4.12. The number of para-hydroxylation sites is 1. The summed E-state index contributed by atoms with van der Waals surface area (Å²) in [7, 11) is 0. The van der Waals surface area contributed by atoms with Gasteiger partial charge in [0.1, 0.15) is 11.3 Å². The van der Waals surface area contributed by atoms with Crippen LogP contribution in [0.5, 0.6) is 0 Å². The molecule has 0 saturated carbocycles. The molecule has 3 heterocycles. The molecule has 8 heteroatoms. The molecule has 1 saturated heterocycles. The number of aryl methyl sites for hydroxylation is 1. The van der Waals surface area contributed by atoms with Gasteiger partial charge in [-0.15, -0.1) is 12.4 Å². The zero-order valence-corrected chi connectivity index (χ0v) is 19.2. The first-order chi connectivity index (χ1) is 15.1. The molecule has 0 amide bonds. The van der Waals surface area contributed by atoms with Gasteiger partial charge in [-0.05, 0) is 31.2 Å². The van der Waals surface area contributed by atoms with E-state index in [2.05, 4.69) is 27.8 Å². The lowest BCUT2D eigenvalue weighted by Crippen LogP contribution is -2.42. The molecule has 4 aromatic rings. The maximum absolute atomic E-state index is 7.65. The third-order valence-electron chi connectivity index (χ3n) is 6.29. The minimum atomic E-state index is 0. The van der Waals surface area contributed by atoms with Crippen molar-refractivity contribution < 1.29 is 0 Å². The number of imidazole rings is 1. The number of rotatable bonds is 4. The van der Waals surface area contributed by atoms with Crippen LogP contribution in [0.2, 0.25) is 5.15 Å². The Hall–Kier alpha value is -2.83. The van der Waals surface area contributed by atoms with Gasteiger partial charge in [0.2, 0.25) is 0 Å². The van der Waals surface area contributed by atoms with Crippen molar-refractivity contribution >= 4 is 51.9 Å². The van der Waals surface area contributed by atoms with Gasteiger partial charge in [0.25, 0.3) is 0 Å². The Morgan fingerprint density at radius 2 is 1.72 bits per heavy atom. The first kappa shape index (κ1) is 22.4. The molecule has 3 N–H and O–H groups in total. The number of benzene rings is 2. The van der Waals surface area contributed by atoms with Crippen molar-refractivity contribution in [2.45, 2.75) is 25.8 Å². The van der Waals surface area contributed by atoms with Crippen LogP contribution in [0.4, 0.5) is 0 Å². The largest absolute Gasteiger partial charge is 0.370 e. The highest BCUT2D eigenvalue weighted by Gasteiger charge is 2.22.